The van der Waals surface area contributed by atoms with Gasteiger partial charge < -0.3 is 20.6 Å². The maximum atomic E-state index is 13.3. The lowest BCUT2D eigenvalue weighted by atomic mass is 9.98. The minimum Gasteiger partial charge on any atom is -0.492 e. The number of aromatic hydroxyl groups is 1. The molecule has 0 aliphatic rings. The predicted octanol–water partition coefficient (Wildman–Crippen LogP) is 4.94. The third-order valence-corrected chi connectivity index (χ3v) is 5.75. The Balaban J connectivity index is 1.63. The van der Waals surface area contributed by atoms with E-state index in [-0.39, 0.29) is 11.1 Å². The molecule has 0 bridgehead atoms. The summed E-state index contributed by atoms with van der Waals surface area (Å²) in [6, 6.07) is 22.7. The summed E-state index contributed by atoms with van der Waals surface area (Å²) in [7, 11) is 0. The first-order valence-corrected chi connectivity index (χ1v) is 11.9. The van der Waals surface area contributed by atoms with E-state index in [2.05, 4.69) is 10.6 Å². The van der Waals surface area contributed by atoms with Crippen LogP contribution in [0.2, 0.25) is 0 Å². The number of aromatic nitrogens is 1. The number of benzene rings is 3. The summed E-state index contributed by atoms with van der Waals surface area (Å²) < 4.78 is 0.942. The van der Waals surface area contributed by atoms with Crippen LogP contribution < -0.4 is 15.5 Å². The number of amides is 2. The van der Waals surface area contributed by atoms with Crippen molar-refractivity contribution in [2.45, 2.75) is 27.2 Å². The quantitative estimate of drug-likeness (QED) is 0.312. The van der Waals surface area contributed by atoms with E-state index in [0.717, 1.165) is 10.3 Å². The van der Waals surface area contributed by atoms with E-state index in [4.69, 9.17) is 4.84 Å². The maximum absolute atomic E-state index is 13.3. The Morgan fingerprint density at radius 3 is 2.22 bits per heavy atom. The molecule has 8 heteroatoms. The van der Waals surface area contributed by atoms with Gasteiger partial charge in [0.15, 0.2) is 5.78 Å². The molecule has 8 nitrogen and oxygen atoms in total. The van der Waals surface area contributed by atoms with Gasteiger partial charge in [-0.1, -0.05) is 60.7 Å². The minimum absolute atomic E-state index is 0.00164. The monoisotopic (exact) mass is 499 g/mol. The summed E-state index contributed by atoms with van der Waals surface area (Å²) >= 11 is 0. The standard InChI is InChI=1S/C29H29N3O5/c1-29(2,3)27(35)37-32-23-18-21(31-28(36)30-17-16-19-10-6-4-7-11-19)14-15-22(23)24(26(32)34)25(33)20-12-8-5-9-13-20/h4-15,18,34H,16-17H2,1-3H3,(H2,30,31,36). The molecule has 37 heavy (non-hydrogen) atoms. The molecule has 0 unspecified atom stereocenters. The Labute approximate surface area is 214 Å². The van der Waals surface area contributed by atoms with Gasteiger partial charge in [0.1, 0.15) is 0 Å². The van der Waals surface area contributed by atoms with Gasteiger partial charge in [-0.15, -0.1) is 4.73 Å². The molecular weight excluding hydrogens is 470 g/mol. The molecule has 0 aliphatic heterocycles. The van der Waals surface area contributed by atoms with Crippen molar-refractivity contribution in [2.75, 3.05) is 11.9 Å². The zero-order valence-corrected chi connectivity index (χ0v) is 20.9. The molecule has 1 heterocycles. The molecule has 0 saturated heterocycles. The van der Waals surface area contributed by atoms with E-state index < -0.39 is 29.1 Å². The van der Waals surface area contributed by atoms with E-state index in [1.54, 1.807) is 69.3 Å². The number of hydrogen-bond donors (Lipinski definition) is 3. The lowest BCUT2D eigenvalue weighted by Gasteiger charge is -2.17. The second-order valence-electron chi connectivity index (χ2n) is 9.67. The molecule has 4 rings (SSSR count). The van der Waals surface area contributed by atoms with E-state index in [1.807, 2.05) is 30.3 Å². The van der Waals surface area contributed by atoms with Gasteiger partial charge in [-0.3, -0.25) is 4.79 Å². The zero-order chi connectivity index (χ0) is 26.6. The summed E-state index contributed by atoms with van der Waals surface area (Å²) in [4.78, 5) is 43.9. The Morgan fingerprint density at radius 2 is 1.57 bits per heavy atom. The summed E-state index contributed by atoms with van der Waals surface area (Å²) in [5, 5.41) is 17.0. The van der Waals surface area contributed by atoms with Crippen LogP contribution in [0.1, 0.15) is 42.3 Å². The molecule has 3 N–H and O–H groups in total. The highest BCUT2D eigenvalue weighted by Gasteiger charge is 2.30. The predicted molar refractivity (Wildman–Crippen MR) is 142 cm³/mol. The molecule has 3 aromatic carbocycles. The minimum atomic E-state index is -0.860. The van der Waals surface area contributed by atoms with E-state index in [1.165, 1.54) is 0 Å². The molecule has 2 amide bonds. The van der Waals surface area contributed by atoms with Crippen LogP contribution in [0.15, 0.2) is 78.9 Å². The Morgan fingerprint density at radius 1 is 0.919 bits per heavy atom. The van der Waals surface area contributed by atoms with Crippen molar-refractivity contribution in [3.63, 3.8) is 0 Å². The molecule has 0 aliphatic carbocycles. The first-order chi connectivity index (χ1) is 17.6. The average Bonchev–Trinajstić information content (AvgIpc) is 3.14. The van der Waals surface area contributed by atoms with Crippen molar-refractivity contribution in [1.82, 2.24) is 10.0 Å². The van der Waals surface area contributed by atoms with E-state index in [9.17, 15) is 19.5 Å². The van der Waals surface area contributed by atoms with Gasteiger partial charge in [0.2, 0.25) is 5.88 Å². The number of fused-ring (bicyclic) bond motifs is 1. The van der Waals surface area contributed by atoms with Crippen molar-refractivity contribution in [1.29, 1.82) is 0 Å². The molecule has 1 aromatic heterocycles. The number of ketones is 1. The van der Waals surface area contributed by atoms with Crippen LogP contribution in [-0.4, -0.2) is 34.2 Å². The number of anilines is 1. The largest absolute Gasteiger partial charge is 0.492 e. The van der Waals surface area contributed by atoms with E-state index in [0.29, 0.717) is 29.6 Å². The van der Waals surface area contributed by atoms with E-state index >= 15 is 0 Å². The van der Waals surface area contributed by atoms with Crippen molar-refractivity contribution in [2.24, 2.45) is 5.41 Å². The maximum Gasteiger partial charge on any atom is 0.338 e. The van der Waals surface area contributed by atoms with Crippen LogP contribution >= 0.6 is 0 Å². The number of nitrogens with zero attached hydrogens (tertiary/aromatic N) is 1. The number of carbonyl (C=O) groups is 3. The smallest absolute Gasteiger partial charge is 0.338 e. The molecule has 0 saturated carbocycles. The summed E-state index contributed by atoms with van der Waals surface area (Å²) in [5.41, 5.74) is 1.28. The van der Waals surface area contributed by atoms with Crippen LogP contribution in [0.25, 0.3) is 10.9 Å². The van der Waals surface area contributed by atoms with Gasteiger partial charge in [-0.25, -0.2) is 9.59 Å². The SMILES string of the molecule is CC(C)(C)C(=O)On1c(O)c(C(=O)c2ccccc2)c2ccc(NC(=O)NCCc3ccccc3)cc21. The molecule has 0 fully saturated rings. The molecule has 0 spiro atoms. The number of nitrogens with one attached hydrogen (secondary N) is 2. The molecule has 4 aromatic rings. The second kappa shape index (κ2) is 10.6. The van der Waals surface area contributed by atoms with Gasteiger partial charge in [0, 0.05) is 23.2 Å². The van der Waals surface area contributed by atoms with Gasteiger partial charge in [0.25, 0.3) is 0 Å². The fraction of sp³-hybridized carbons (Fsp3) is 0.207. The van der Waals surface area contributed by atoms with Gasteiger partial charge in [0.05, 0.1) is 16.5 Å². The Hall–Kier alpha value is -4.59. The van der Waals surface area contributed by atoms with Crippen molar-refractivity contribution < 1.29 is 24.3 Å². The van der Waals surface area contributed by atoms with Gasteiger partial charge in [-0.2, -0.15) is 0 Å². The van der Waals surface area contributed by atoms with Gasteiger partial charge >= 0.3 is 12.0 Å². The highest BCUT2D eigenvalue weighted by molar-refractivity contribution is 6.18. The van der Waals surface area contributed by atoms with Crippen LogP contribution in [-0.2, 0) is 11.2 Å². The highest BCUT2D eigenvalue weighted by atomic mass is 16.7. The number of rotatable bonds is 7. The summed E-state index contributed by atoms with van der Waals surface area (Å²) in [6.07, 6.45) is 0.678. The topological polar surface area (TPSA) is 110 Å². The summed E-state index contributed by atoms with van der Waals surface area (Å²) in [5.74, 6) is -1.52. The van der Waals surface area contributed by atoms with Crippen molar-refractivity contribution in [3.05, 3.63) is 95.6 Å². The van der Waals surface area contributed by atoms with Crippen LogP contribution in [0.4, 0.5) is 10.5 Å². The lowest BCUT2D eigenvalue weighted by Crippen LogP contribution is -2.31. The number of urea groups is 1. The second-order valence-corrected chi connectivity index (χ2v) is 9.67. The Bertz CT molecular complexity index is 1440. The number of carbonyl (C=O) groups excluding carboxylic acids is 3. The molecule has 0 radical (unpaired) electrons. The van der Waals surface area contributed by atoms with Crippen molar-refractivity contribution >= 4 is 34.4 Å². The lowest BCUT2D eigenvalue weighted by molar-refractivity contribution is -0.153. The zero-order valence-electron chi connectivity index (χ0n) is 20.9. The third kappa shape index (κ3) is 5.81. The molecule has 0 atom stereocenters. The molecule has 190 valence electrons. The van der Waals surface area contributed by atoms with Crippen LogP contribution in [0.3, 0.4) is 0 Å². The average molecular weight is 500 g/mol. The third-order valence-electron chi connectivity index (χ3n) is 5.75. The fourth-order valence-electron chi connectivity index (χ4n) is 3.74. The van der Waals surface area contributed by atoms with Crippen LogP contribution in [0, 0.1) is 5.41 Å². The first-order valence-electron chi connectivity index (χ1n) is 11.9. The van der Waals surface area contributed by atoms with Crippen molar-refractivity contribution in [3.8, 4) is 5.88 Å². The molecular formula is C29H29N3O5. The Kier molecular flexibility index (Phi) is 7.29. The summed E-state index contributed by atoms with van der Waals surface area (Å²) in [6.45, 7) is 5.48. The highest BCUT2D eigenvalue weighted by Crippen LogP contribution is 2.34. The first kappa shape index (κ1) is 25.5. The normalized spacial score (nSPS) is 11.2. The van der Waals surface area contributed by atoms with Crippen LogP contribution in [0.5, 0.6) is 5.88 Å². The number of hydrogen-bond acceptors (Lipinski definition) is 5. The van der Waals surface area contributed by atoms with Gasteiger partial charge in [-0.05, 0) is 51.0 Å². The fourth-order valence-corrected chi connectivity index (χ4v) is 3.74.